The molecule has 1 aliphatic heterocycles. The first-order valence-electron chi connectivity index (χ1n) is 8.24. The Kier molecular flexibility index (Phi) is 5.18. The monoisotopic (exact) mass is 378 g/mol. The van der Waals surface area contributed by atoms with Crippen molar-refractivity contribution in [3.05, 3.63) is 59.7 Å². The van der Waals surface area contributed by atoms with Gasteiger partial charge >= 0.3 is 6.18 Å². The number of ether oxygens (including phenoxy) is 1. The molecule has 1 fully saturated rings. The number of halogens is 3. The van der Waals surface area contributed by atoms with Crippen molar-refractivity contribution in [3.8, 4) is 11.1 Å². The van der Waals surface area contributed by atoms with E-state index in [9.17, 15) is 22.8 Å². The minimum atomic E-state index is -4.43. The lowest BCUT2D eigenvalue weighted by Crippen LogP contribution is -2.50. The summed E-state index contributed by atoms with van der Waals surface area (Å²) in [5.74, 6) is -0.983. The number of alkyl halides is 3. The number of carbonyl (C=O) groups excluding carboxylic acids is 2. The third-order valence-electron chi connectivity index (χ3n) is 4.35. The third-order valence-corrected chi connectivity index (χ3v) is 4.35. The van der Waals surface area contributed by atoms with E-state index in [4.69, 9.17) is 10.5 Å². The Balaban J connectivity index is 1.90. The van der Waals surface area contributed by atoms with Crippen LogP contribution in [0.3, 0.4) is 0 Å². The van der Waals surface area contributed by atoms with Crippen molar-refractivity contribution in [1.82, 2.24) is 4.90 Å². The highest BCUT2D eigenvalue weighted by Crippen LogP contribution is 2.32. The van der Waals surface area contributed by atoms with E-state index in [-0.39, 0.29) is 19.1 Å². The fraction of sp³-hybridized carbons (Fsp3) is 0.263. The standard InChI is InChI=1S/C19H17F3N2O3/c20-19(21,22)13-7-5-12(6-8-13)14-3-1-2-4-15(14)18(26)24-9-10-27-16(11-24)17(23)25/h1-8,16H,9-11H2,(H2,23,25)/t16-/m1/s1. The number of hydrogen-bond donors (Lipinski definition) is 1. The van der Waals surface area contributed by atoms with Crippen molar-refractivity contribution in [2.75, 3.05) is 19.7 Å². The average molecular weight is 378 g/mol. The predicted molar refractivity (Wildman–Crippen MR) is 91.7 cm³/mol. The van der Waals surface area contributed by atoms with Crippen LogP contribution in [0.1, 0.15) is 15.9 Å². The molecule has 5 nitrogen and oxygen atoms in total. The quantitative estimate of drug-likeness (QED) is 0.893. The van der Waals surface area contributed by atoms with Gasteiger partial charge in [0.25, 0.3) is 5.91 Å². The van der Waals surface area contributed by atoms with Crippen molar-refractivity contribution in [3.63, 3.8) is 0 Å². The Morgan fingerprint density at radius 2 is 1.74 bits per heavy atom. The lowest BCUT2D eigenvalue weighted by atomic mass is 9.97. The second-order valence-electron chi connectivity index (χ2n) is 6.13. The molecule has 27 heavy (non-hydrogen) atoms. The highest BCUT2D eigenvalue weighted by Gasteiger charge is 2.31. The van der Waals surface area contributed by atoms with Gasteiger partial charge in [-0.05, 0) is 29.3 Å². The number of nitrogens with two attached hydrogens (primary N) is 1. The van der Waals surface area contributed by atoms with Crippen molar-refractivity contribution in [1.29, 1.82) is 0 Å². The van der Waals surface area contributed by atoms with Gasteiger partial charge in [0, 0.05) is 12.1 Å². The maximum Gasteiger partial charge on any atom is 0.416 e. The summed E-state index contributed by atoms with van der Waals surface area (Å²) in [6, 6.07) is 11.3. The lowest BCUT2D eigenvalue weighted by molar-refractivity contribution is -0.137. The summed E-state index contributed by atoms with van der Waals surface area (Å²) in [5, 5.41) is 0. The number of amides is 2. The van der Waals surface area contributed by atoms with Crippen LogP contribution >= 0.6 is 0 Å². The van der Waals surface area contributed by atoms with E-state index >= 15 is 0 Å². The van der Waals surface area contributed by atoms with E-state index in [0.29, 0.717) is 23.2 Å². The fourth-order valence-electron chi connectivity index (χ4n) is 2.94. The summed E-state index contributed by atoms with van der Waals surface area (Å²) in [6.45, 7) is 0.515. The van der Waals surface area contributed by atoms with Crippen LogP contribution in [0, 0.1) is 0 Å². The molecule has 3 rings (SSSR count). The number of carbonyl (C=O) groups is 2. The number of primary amides is 1. The SMILES string of the molecule is NC(=O)[C@H]1CN(C(=O)c2ccccc2-c2ccc(C(F)(F)F)cc2)CCO1. The lowest BCUT2D eigenvalue weighted by Gasteiger charge is -2.31. The average Bonchev–Trinajstić information content (AvgIpc) is 2.67. The zero-order chi connectivity index (χ0) is 19.6. The minimum absolute atomic E-state index is 0.0372. The zero-order valence-corrected chi connectivity index (χ0v) is 14.2. The first-order chi connectivity index (χ1) is 12.8. The number of benzene rings is 2. The van der Waals surface area contributed by atoms with Gasteiger partial charge in [0.15, 0.2) is 6.10 Å². The van der Waals surface area contributed by atoms with Crippen molar-refractivity contribution >= 4 is 11.8 Å². The molecule has 8 heteroatoms. The Labute approximate surface area is 153 Å². The molecule has 0 aliphatic carbocycles. The second kappa shape index (κ2) is 7.40. The van der Waals surface area contributed by atoms with Crippen LogP contribution in [0.5, 0.6) is 0 Å². The molecule has 1 saturated heterocycles. The van der Waals surface area contributed by atoms with Gasteiger partial charge in [-0.2, -0.15) is 13.2 Å². The molecule has 2 amide bonds. The first kappa shape index (κ1) is 18.9. The maximum absolute atomic E-state index is 12.9. The highest BCUT2D eigenvalue weighted by atomic mass is 19.4. The molecule has 0 unspecified atom stereocenters. The fourth-order valence-corrected chi connectivity index (χ4v) is 2.94. The number of rotatable bonds is 3. The van der Waals surface area contributed by atoms with Crippen molar-refractivity contribution in [2.24, 2.45) is 5.73 Å². The molecular formula is C19H17F3N2O3. The Hall–Kier alpha value is -2.87. The number of morpholine rings is 1. The van der Waals surface area contributed by atoms with Gasteiger partial charge in [-0.25, -0.2) is 0 Å². The van der Waals surface area contributed by atoms with Gasteiger partial charge in [-0.1, -0.05) is 30.3 Å². The van der Waals surface area contributed by atoms with Crippen LogP contribution < -0.4 is 5.73 Å². The van der Waals surface area contributed by atoms with Crippen molar-refractivity contribution < 1.29 is 27.5 Å². The molecule has 2 N–H and O–H groups in total. The van der Waals surface area contributed by atoms with E-state index in [1.54, 1.807) is 24.3 Å². The summed E-state index contributed by atoms with van der Waals surface area (Å²) in [5.41, 5.74) is 5.83. The van der Waals surface area contributed by atoms with Crippen LogP contribution in [-0.2, 0) is 15.7 Å². The largest absolute Gasteiger partial charge is 0.416 e. The summed E-state index contributed by atoms with van der Waals surface area (Å²) in [7, 11) is 0. The maximum atomic E-state index is 12.9. The normalized spacial score (nSPS) is 17.6. The summed E-state index contributed by atoms with van der Waals surface area (Å²) >= 11 is 0. The third kappa shape index (κ3) is 4.11. The molecule has 1 aliphatic rings. The number of hydrogen-bond acceptors (Lipinski definition) is 3. The molecular weight excluding hydrogens is 361 g/mol. The Morgan fingerprint density at radius 1 is 1.07 bits per heavy atom. The van der Waals surface area contributed by atoms with Crippen LogP contribution in [0.15, 0.2) is 48.5 Å². The second-order valence-corrected chi connectivity index (χ2v) is 6.13. The minimum Gasteiger partial charge on any atom is -0.367 e. The Morgan fingerprint density at radius 3 is 2.37 bits per heavy atom. The van der Waals surface area contributed by atoms with Gasteiger partial charge in [0.2, 0.25) is 5.91 Å². The topological polar surface area (TPSA) is 72.6 Å². The molecule has 0 saturated carbocycles. The molecule has 2 aromatic rings. The van der Waals surface area contributed by atoms with Crippen LogP contribution in [0.25, 0.3) is 11.1 Å². The molecule has 0 spiro atoms. The number of nitrogens with zero attached hydrogens (tertiary/aromatic N) is 1. The molecule has 0 aromatic heterocycles. The molecule has 1 atom stereocenters. The van der Waals surface area contributed by atoms with E-state index in [1.165, 1.54) is 17.0 Å². The van der Waals surface area contributed by atoms with E-state index in [1.807, 2.05) is 0 Å². The highest BCUT2D eigenvalue weighted by molar-refractivity contribution is 6.01. The van der Waals surface area contributed by atoms with E-state index < -0.39 is 23.8 Å². The van der Waals surface area contributed by atoms with E-state index in [2.05, 4.69) is 0 Å². The predicted octanol–water partition coefficient (Wildman–Crippen LogP) is 2.70. The molecule has 2 aromatic carbocycles. The van der Waals surface area contributed by atoms with Crippen molar-refractivity contribution in [2.45, 2.75) is 12.3 Å². The Bertz CT molecular complexity index is 850. The first-order valence-corrected chi connectivity index (χ1v) is 8.24. The molecule has 1 heterocycles. The smallest absolute Gasteiger partial charge is 0.367 e. The van der Waals surface area contributed by atoms with Crippen LogP contribution in [0.2, 0.25) is 0 Å². The zero-order valence-electron chi connectivity index (χ0n) is 14.2. The molecule has 0 bridgehead atoms. The van der Waals surface area contributed by atoms with Gasteiger partial charge in [0.05, 0.1) is 18.7 Å². The van der Waals surface area contributed by atoms with Crippen LogP contribution in [0.4, 0.5) is 13.2 Å². The van der Waals surface area contributed by atoms with Gasteiger partial charge < -0.3 is 15.4 Å². The summed E-state index contributed by atoms with van der Waals surface area (Å²) in [6.07, 6.45) is -5.30. The summed E-state index contributed by atoms with van der Waals surface area (Å²) in [4.78, 5) is 25.7. The van der Waals surface area contributed by atoms with Gasteiger partial charge in [-0.15, -0.1) is 0 Å². The van der Waals surface area contributed by atoms with Gasteiger partial charge in [0.1, 0.15) is 0 Å². The van der Waals surface area contributed by atoms with E-state index in [0.717, 1.165) is 12.1 Å². The molecule has 142 valence electrons. The van der Waals surface area contributed by atoms with Crippen LogP contribution in [-0.4, -0.2) is 42.5 Å². The summed E-state index contributed by atoms with van der Waals surface area (Å²) < 4.78 is 43.5. The van der Waals surface area contributed by atoms with Gasteiger partial charge in [-0.3, -0.25) is 9.59 Å². The molecule has 0 radical (unpaired) electrons.